The molecule has 94 valence electrons. The smallest absolute Gasteiger partial charge is 0.160 e. The molecule has 0 saturated carbocycles. The molecule has 0 spiro atoms. The van der Waals surface area contributed by atoms with E-state index in [1.54, 1.807) is 13.3 Å². The van der Waals surface area contributed by atoms with Gasteiger partial charge in [0.05, 0.1) is 19.0 Å². The van der Waals surface area contributed by atoms with Gasteiger partial charge in [-0.3, -0.25) is 4.98 Å². The fourth-order valence-electron chi connectivity index (χ4n) is 1.65. The molecule has 1 N–H and O–H groups in total. The molecule has 2 aromatic rings. The van der Waals surface area contributed by atoms with Gasteiger partial charge in [0.15, 0.2) is 5.75 Å². The number of halogens is 1. The summed E-state index contributed by atoms with van der Waals surface area (Å²) >= 11 is 3.43. The van der Waals surface area contributed by atoms with E-state index in [0.717, 1.165) is 28.1 Å². The molecule has 18 heavy (non-hydrogen) atoms. The van der Waals surface area contributed by atoms with Gasteiger partial charge in [-0.15, -0.1) is 0 Å². The fraction of sp³-hybridized carbons (Fsp3) is 0.214. The van der Waals surface area contributed by atoms with Crippen LogP contribution < -0.4 is 10.1 Å². The van der Waals surface area contributed by atoms with E-state index in [2.05, 4.69) is 38.4 Å². The van der Waals surface area contributed by atoms with Crippen LogP contribution in [0.5, 0.6) is 5.75 Å². The number of aromatic nitrogens is 1. The van der Waals surface area contributed by atoms with Gasteiger partial charge in [-0.05, 0) is 30.7 Å². The average Bonchev–Trinajstić information content (AvgIpc) is 2.38. The second-order valence-electron chi connectivity index (χ2n) is 4.01. The molecule has 4 heteroatoms. The third kappa shape index (κ3) is 3.23. The summed E-state index contributed by atoms with van der Waals surface area (Å²) in [5, 5.41) is 3.36. The van der Waals surface area contributed by atoms with Crippen molar-refractivity contribution in [2.45, 2.75) is 13.5 Å². The van der Waals surface area contributed by atoms with Crippen molar-refractivity contribution >= 4 is 21.6 Å². The Bertz CT molecular complexity index is 526. The van der Waals surface area contributed by atoms with Gasteiger partial charge in [0.1, 0.15) is 0 Å². The van der Waals surface area contributed by atoms with Gasteiger partial charge in [0, 0.05) is 16.7 Å². The van der Waals surface area contributed by atoms with Gasteiger partial charge in [-0.2, -0.15) is 0 Å². The zero-order valence-corrected chi connectivity index (χ0v) is 12.0. The molecule has 1 heterocycles. The monoisotopic (exact) mass is 306 g/mol. The van der Waals surface area contributed by atoms with Gasteiger partial charge in [0.2, 0.25) is 0 Å². The number of benzene rings is 1. The normalized spacial score (nSPS) is 10.2. The second kappa shape index (κ2) is 5.87. The van der Waals surface area contributed by atoms with E-state index in [-0.39, 0.29) is 0 Å². The molecule has 0 unspecified atom stereocenters. The standard InChI is InChI=1S/C14H15BrN2O/c1-10-7-13(14(18-2)9-16-10)17-8-11-3-5-12(15)6-4-11/h3-7,9H,8H2,1-2H3,(H,16,17). The maximum absolute atomic E-state index is 5.28. The summed E-state index contributed by atoms with van der Waals surface area (Å²) in [6.45, 7) is 2.72. The molecule has 0 amide bonds. The summed E-state index contributed by atoms with van der Waals surface area (Å²) in [6.07, 6.45) is 1.74. The molecule has 1 aromatic carbocycles. The number of hydrogen-bond donors (Lipinski definition) is 1. The van der Waals surface area contributed by atoms with E-state index >= 15 is 0 Å². The fourth-order valence-corrected chi connectivity index (χ4v) is 1.91. The molecule has 0 aliphatic heterocycles. The summed E-state index contributed by atoms with van der Waals surface area (Å²) in [4.78, 5) is 4.21. The second-order valence-corrected chi connectivity index (χ2v) is 4.92. The van der Waals surface area contributed by atoms with Crippen molar-refractivity contribution in [1.82, 2.24) is 4.98 Å². The Kier molecular flexibility index (Phi) is 4.20. The summed E-state index contributed by atoms with van der Waals surface area (Å²) < 4.78 is 6.36. The Morgan fingerprint density at radius 1 is 1.28 bits per heavy atom. The first-order valence-electron chi connectivity index (χ1n) is 5.68. The number of nitrogens with one attached hydrogen (secondary N) is 1. The van der Waals surface area contributed by atoms with Crippen LogP contribution in [0.1, 0.15) is 11.3 Å². The lowest BCUT2D eigenvalue weighted by molar-refractivity contribution is 0.414. The van der Waals surface area contributed by atoms with Crippen LogP contribution in [-0.2, 0) is 6.54 Å². The molecule has 0 saturated heterocycles. The molecule has 2 rings (SSSR count). The lowest BCUT2D eigenvalue weighted by atomic mass is 10.2. The topological polar surface area (TPSA) is 34.1 Å². The SMILES string of the molecule is COc1cnc(C)cc1NCc1ccc(Br)cc1. The highest BCUT2D eigenvalue weighted by molar-refractivity contribution is 9.10. The minimum absolute atomic E-state index is 0.757. The van der Waals surface area contributed by atoms with Gasteiger partial charge < -0.3 is 10.1 Å². The highest BCUT2D eigenvalue weighted by Crippen LogP contribution is 2.24. The minimum atomic E-state index is 0.757. The predicted molar refractivity (Wildman–Crippen MR) is 77.0 cm³/mol. The third-order valence-corrected chi connectivity index (χ3v) is 3.15. The Balaban J connectivity index is 2.09. The van der Waals surface area contributed by atoms with Crippen LogP contribution in [0.15, 0.2) is 41.0 Å². The number of aryl methyl sites for hydroxylation is 1. The number of nitrogens with zero attached hydrogens (tertiary/aromatic N) is 1. The third-order valence-electron chi connectivity index (χ3n) is 2.62. The molecule has 0 fully saturated rings. The van der Waals surface area contributed by atoms with E-state index < -0.39 is 0 Å². The highest BCUT2D eigenvalue weighted by Gasteiger charge is 2.03. The summed E-state index contributed by atoms with van der Waals surface area (Å²) in [5.74, 6) is 0.762. The van der Waals surface area contributed by atoms with Crippen molar-refractivity contribution in [2.75, 3.05) is 12.4 Å². The summed E-state index contributed by atoms with van der Waals surface area (Å²) in [5.41, 5.74) is 3.15. The van der Waals surface area contributed by atoms with Crippen LogP contribution in [0.2, 0.25) is 0 Å². The van der Waals surface area contributed by atoms with Gasteiger partial charge in [0.25, 0.3) is 0 Å². The van der Waals surface area contributed by atoms with Crippen molar-refractivity contribution in [3.63, 3.8) is 0 Å². The highest BCUT2D eigenvalue weighted by atomic mass is 79.9. The Hall–Kier alpha value is -1.55. The van der Waals surface area contributed by atoms with Crippen LogP contribution in [-0.4, -0.2) is 12.1 Å². The average molecular weight is 307 g/mol. The van der Waals surface area contributed by atoms with Crippen molar-refractivity contribution in [3.8, 4) is 5.75 Å². The first-order chi connectivity index (χ1) is 8.69. The molecule has 0 aliphatic rings. The van der Waals surface area contributed by atoms with Gasteiger partial charge >= 0.3 is 0 Å². The quantitative estimate of drug-likeness (QED) is 0.933. The zero-order valence-electron chi connectivity index (χ0n) is 10.4. The number of anilines is 1. The van der Waals surface area contributed by atoms with Crippen LogP contribution >= 0.6 is 15.9 Å². The van der Waals surface area contributed by atoms with Crippen LogP contribution in [0.25, 0.3) is 0 Å². The number of ether oxygens (including phenoxy) is 1. The lowest BCUT2D eigenvalue weighted by Gasteiger charge is -2.11. The van der Waals surface area contributed by atoms with Crippen molar-refractivity contribution < 1.29 is 4.74 Å². The maximum Gasteiger partial charge on any atom is 0.160 e. The zero-order chi connectivity index (χ0) is 13.0. The molecule has 1 aromatic heterocycles. The predicted octanol–water partition coefficient (Wildman–Crippen LogP) is 3.77. The number of methoxy groups -OCH3 is 1. The first-order valence-corrected chi connectivity index (χ1v) is 6.47. The van der Waals surface area contributed by atoms with Crippen LogP contribution in [0.4, 0.5) is 5.69 Å². The molecule has 0 aliphatic carbocycles. The molecule has 0 radical (unpaired) electrons. The summed E-state index contributed by atoms with van der Waals surface area (Å²) in [7, 11) is 1.65. The summed E-state index contributed by atoms with van der Waals surface area (Å²) in [6, 6.07) is 10.2. The van der Waals surface area contributed by atoms with E-state index in [0.29, 0.717) is 0 Å². The Labute approximate surface area is 115 Å². The Morgan fingerprint density at radius 2 is 2.00 bits per heavy atom. The van der Waals surface area contributed by atoms with Crippen molar-refractivity contribution in [2.24, 2.45) is 0 Å². The van der Waals surface area contributed by atoms with Crippen molar-refractivity contribution in [3.05, 3.63) is 52.3 Å². The maximum atomic E-state index is 5.28. The van der Waals surface area contributed by atoms with Gasteiger partial charge in [-0.25, -0.2) is 0 Å². The number of pyridine rings is 1. The van der Waals surface area contributed by atoms with Crippen LogP contribution in [0.3, 0.4) is 0 Å². The van der Waals surface area contributed by atoms with Crippen molar-refractivity contribution in [1.29, 1.82) is 0 Å². The van der Waals surface area contributed by atoms with E-state index in [1.807, 2.05) is 25.1 Å². The molecule has 0 bridgehead atoms. The minimum Gasteiger partial charge on any atom is -0.493 e. The van der Waals surface area contributed by atoms with E-state index in [4.69, 9.17) is 4.74 Å². The number of hydrogen-bond acceptors (Lipinski definition) is 3. The number of rotatable bonds is 4. The molecule has 0 atom stereocenters. The first kappa shape index (κ1) is 12.9. The largest absolute Gasteiger partial charge is 0.493 e. The lowest BCUT2D eigenvalue weighted by Crippen LogP contribution is -2.02. The molecular formula is C14H15BrN2O. The van der Waals surface area contributed by atoms with E-state index in [1.165, 1.54) is 5.56 Å². The van der Waals surface area contributed by atoms with Crippen LogP contribution in [0, 0.1) is 6.92 Å². The molecule has 3 nitrogen and oxygen atoms in total. The Morgan fingerprint density at radius 3 is 2.67 bits per heavy atom. The molecular weight excluding hydrogens is 292 g/mol. The van der Waals surface area contributed by atoms with Gasteiger partial charge in [-0.1, -0.05) is 28.1 Å². The van der Waals surface area contributed by atoms with E-state index in [9.17, 15) is 0 Å².